The highest BCUT2D eigenvalue weighted by Gasteiger charge is 2.11. The molecule has 0 saturated carbocycles. The minimum absolute atomic E-state index is 0.368. The third-order valence-electron chi connectivity index (χ3n) is 2.07. The lowest BCUT2D eigenvalue weighted by molar-refractivity contribution is -0.577. The number of primary amides is 1. The monoisotopic (exact) mass is 188 g/mol. The first-order valence-electron chi connectivity index (χ1n) is 4.11. The molecule has 1 aromatic heterocycles. The summed E-state index contributed by atoms with van der Waals surface area (Å²) in [4.78, 5) is 11.0. The quantitative estimate of drug-likeness (QED) is 0.525. The molecule has 1 aromatic carbocycles. The number of fused-ring (bicyclic) bond motifs is 1. The fourth-order valence-electron chi connectivity index (χ4n) is 1.42. The Morgan fingerprint density at radius 1 is 1.29 bits per heavy atom. The molecule has 14 heavy (non-hydrogen) atoms. The van der Waals surface area contributed by atoms with Crippen LogP contribution in [0.15, 0.2) is 36.5 Å². The van der Waals surface area contributed by atoms with Crippen LogP contribution in [0.25, 0.3) is 10.9 Å². The molecule has 2 aromatic rings. The lowest BCUT2D eigenvalue weighted by atomic mass is 10.1. The Kier molecular flexibility index (Phi) is 1.81. The summed E-state index contributed by atoms with van der Waals surface area (Å²) in [6.07, 6.45) is 1.28. The molecule has 0 aliphatic carbocycles. The van der Waals surface area contributed by atoms with Gasteiger partial charge in [0.2, 0.25) is 11.4 Å². The van der Waals surface area contributed by atoms with Crippen LogP contribution in [-0.4, -0.2) is 5.91 Å². The predicted molar refractivity (Wildman–Crippen MR) is 51.4 cm³/mol. The van der Waals surface area contributed by atoms with Gasteiger partial charge in [0, 0.05) is 12.1 Å². The van der Waals surface area contributed by atoms with Crippen LogP contribution in [0.1, 0.15) is 10.4 Å². The molecule has 0 atom stereocenters. The molecule has 0 aliphatic rings. The van der Waals surface area contributed by atoms with E-state index in [0.717, 1.165) is 0 Å². The third kappa shape index (κ3) is 1.17. The average molecular weight is 188 g/mol. The summed E-state index contributed by atoms with van der Waals surface area (Å²) >= 11 is 0. The van der Waals surface area contributed by atoms with Crippen molar-refractivity contribution in [3.05, 3.63) is 47.3 Å². The number of benzene rings is 1. The average Bonchev–Trinajstić information content (AvgIpc) is 2.18. The fraction of sp³-hybridized carbons (Fsp3) is 0. The smallest absolute Gasteiger partial charge is 0.249 e. The van der Waals surface area contributed by atoms with Gasteiger partial charge in [-0.25, -0.2) is 0 Å². The van der Waals surface area contributed by atoms with E-state index in [1.807, 2.05) is 0 Å². The van der Waals surface area contributed by atoms with Gasteiger partial charge in [-0.05, 0) is 6.07 Å². The summed E-state index contributed by atoms with van der Waals surface area (Å²) < 4.78 is 0.710. The van der Waals surface area contributed by atoms with E-state index < -0.39 is 5.91 Å². The van der Waals surface area contributed by atoms with Crippen LogP contribution in [0.5, 0.6) is 0 Å². The minimum Gasteiger partial charge on any atom is -0.618 e. The van der Waals surface area contributed by atoms with Crippen LogP contribution in [0.4, 0.5) is 0 Å². The third-order valence-corrected chi connectivity index (χ3v) is 2.07. The number of aromatic nitrogens is 1. The number of rotatable bonds is 1. The van der Waals surface area contributed by atoms with Gasteiger partial charge in [-0.2, -0.15) is 4.73 Å². The van der Waals surface area contributed by atoms with Crippen molar-refractivity contribution in [2.75, 3.05) is 0 Å². The first kappa shape index (κ1) is 8.50. The van der Waals surface area contributed by atoms with Crippen LogP contribution >= 0.6 is 0 Å². The summed E-state index contributed by atoms with van der Waals surface area (Å²) in [5, 5.41) is 11.9. The molecule has 2 N–H and O–H groups in total. The Morgan fingerprint density at radius 2 is 2.00 bits per heavy atom. The maximum atomic E-state index is 11.3. The maximum absolute atomic E-state index is 11.3. The molecule has 0 bridgehead atoms. The van der Waals surface area contributed by atoms with E-state index in [-0.39, 0.29) is 0 Å². The summed E-state index contributed by atoms with van der Waals surface area (Å²) in [6.45, 7) is 0. The van der Waals surface area contributed by atoms with E-state index >= 15 is 0 Å². The zero-order valence-electron chi connectivity index (χ0n) is 7.31. The van der Waals surface area contributed by atoms with Crippen molar-refractivity contribution in [1.29, 1.82) is 0 Å². The van der Waals surface area contributed by atoms with Gasteiger partial charge < -0.3 is 10.9 Å². The normalized spacial score (nSPS) is 10.3. The molecular formula is C10H8N2O2. The zero-order chi connectivity index (χ0) is 10.1. The molecule has 0 spiro atoms. The molecule has 0 unspecified atom stereocenters. The van der Waals surface area contributed by atoms with Crippen molar-refractivity contribution in [3.8, 4) is 0 Å². The number of nitrogens with zero attached hydrogens (tertiary/aromatic N) is 1. The lowest BCUT2D eigenvalue weighted by Gasteiger charge is -2.03. The van der Waals surface area contributed by atoms with Gasteiger partial charge >= 0.3 is 0 Å². The number of hydrogen-bond acceptors (Lipinski definition) is 2. The van der Waals surface area contributed by atoms with Crippen LogP contribution < -0.4 is 10.5 Å². The van der Waals surface area contributed by atoms with Gasteiger partial charge in [-0.15, -0.1) is 0 Å². The van der Waals surface area contributed by atoms with Gasteiger partial charge in [0.15, 0.2) is 6.20 Å². The number of carbonyl (C=O) groups is 1. The van der Waals surface area contributed by atoms with Crippen molar-refractivity contribution in [3.63, 3.8) is 0 Å². The Labute approximate surface area is 80.2 Å². The Morgan fingerprint density at radius 3 is 2.71 bits per heavy atom. The number of amides is 1. The molecule has 1 heterocycles. The molecule has 2 rings (SSSR count). The minimum atomic E-state index is -0.526. The van der Waals surface area contributed by atoms with Crippen LogP contribution in [0.2, 0.25) is 0 Å². The maximum Gasteiger partial charge on any atom is 0.249 e. The van der Waals surface area contributed by atoms with E-state index in [2.05, 4.69) is 0 Å². The van der Waals surface area contributed by atoms with Gasteiger partial charge in [0.25, 0.3) is 0 Å². The van der Waals surface area contributed by atoms with Gasteiger partial charge in [-0.3, -0.25) is 4.79 Å². The largest absolute Gasteiger partial charge is 0.618 e. The Hall–Kier alpha value is -2.10. The molecule has 70 valence electrons. The van der Waals surface area contributed by atoms with E-state index in [0.29, 0.717) is 21.2 Å². The van der Waals surface area contributed by atoms with Crippen LogP contribution in [0, 0.1) is 5.21 Å². The molecule has 0 aliphatic heterocycles. The van der Waals surface area contributed by atoms with E-state index in [4.69, 9.17) is 5.73 Å². The highest BCUT2D eigenvalue weighted by atomic mass is 16.5. The second-order valence-corrected chi connectivity index (χ2v) is 2.94. The summed E-state index contributed by atoms with van der Waals surface area (Å²) in [5.41, 5.74) is 6.00. The number of nitrogens with two attached hydrogens (primary N) is 1. The van der Waals surface area contributed by atoms with Crippen LogP contribution in [0.3, 0.4) is 0 Å². The van der Waals surface area contributed by atoms with E-state index in [9.17, 15) is 10.0 Å². The predicted octanol–water partition coefficient (Wildman–Crippen LogP) is 0.572. The molecule has 1 amide bonds. The Balaban J connectivity index is 2.88. The van der Waals surface area contributed by atoms with Gasteiger partial charge in [0.05, 0.1) is 10.9 Å². The van der Waals surface area contributed by atoms with Crippen molar-refractivity contribution >= 4 is 16.8 Å². The first-order chi connectivity index (χ1) is 6.70. The standard InChI is InChI=1S/C10H8N2O2/c11-10(13)8-5-6-12(14)9-4-2-1-3-7(8)9/h1-6H,(H2,11,13). The highest BCUT2D eigenvalue weighted by Crippen LogP contribution is 2.13. The molecule has 4 nitrogen and oxygen atoms in total. The van der Waals surface area contributed by atoms with Gasteiger partial charge in [0.1, 0.15) is 0 Å². The van der Waals surface area contributed by atoms with Crippen LogP contribution in [-0.2, 0) is 0 Å². The molecule has 4 heteroatoms. The molecule has 0 fully saturated rings. The summed E-state index contributed by atoms with van der Waals surface area (Å²) in [6, 6.07) is 8.27. The molecule has 0 radical (unpaired) electrons. The van der Waals surface area contributed by atoms with Crippen molar-refractivity contribution in [1.82, 2.24) is 0 Å². The van der Waals surface area contributed by atoms with Crippen molar-refractivity contribution in [2.45, 2.75) is 0 Å². The highest BCUT2D eigenvalue weighted by molar-refractivity contribution is 6.04. The molecular weight excluding hydrogens is 180 g/mol. The van der Waals surface area contributed by atoms with Crippen molar-refractivity contribution in [2.24, 2.45) is 5.73 Å². The molecule has 0 saturated heterocycles. The lowest BCUT2D eigenvalue weighted by Crippen LogP contribution is -2.27. The fourth-order valence-corrected chi connectivity index (χ4v) is 1.42. The second kappa shape index (κ2) is 2.99. The summed E-state index contributed by atoms with van der Waals surface area (Å²) in [7, 11) is 0. The van der Waals surface area contributed by atoms with E-state index in [1.165, 1.54) is 12.3 Å². The number of para-hydroxylation sites is 1. The second-order valence-electron chi connectivity index (χ2n) is 2.94. The number of hydrogen-bond donors (Lipinski definition) is 1. The topological polar surface area (TPSA) is 70.0 Å². The first-order valence-corrected chi connectivity index (χ1v) is 4.11. The number of pyridine rings is 1. The van der Waals surface area contributed by atoms with Gasteiger partial charge in [-0.1, -0.05) is 12.1 Å². The zero-order valence-corrected chi connectivity index (χ0v) is 7.31. The summed E-state index contributed by atoms with van der Waals surface area (Å²) in [5.74, 6) is -0.526. The SMILES string of the molecule is NC(=O)c1cc[n+]([O-])c2ccccc12. The Bertz CT molecular complexity index is 508. The van der Waals surface area contributed by atoms with E-state index in [1.54, 1.807) is 24.3 Å². The number of carbonyl (C=O) groups excluding carboxylic acids is 1. The van der Waals surface area contributed by atoms with Crippen molar-refractivity contribution < 1.29 is 9.52 Å².